The number of carbonyl (C=O) groups is 1. The van der Waals surface area contributed by atoms with Gasteiger partial charge in [-0.3, -0.25) is 9.48 Å². The van der Waals surface area contributed by atoms with Crippen LogP contribution >= 0.6 is 11.3 Å². The highest BCUT2D eigenvalue weighted by Crippen LogP contribution is 2.35. The van der Waals surface area contributed by atoms with Gasteiger partial charge < -0.3 is 26.0 Å². The molecular weight excluding hydrogens is 433 g/mol. The number of hydrogen-bond donors (Lipinski definition) is 3. The summed E-state index contributed by atoms with van der Waals surface area (Å²) in [5, 5.41) is 11.3. The number of nitrogens with one attached hydrogen (secondary N) is 2. The van der Waals surface area contributed by atoms with E-state index in [1.807, 2.05) is 7.05 Å². The molecule has 3 aromatic rings. The number of aryl methyl sites for hydroxylation is 1. The molecule has 0 unspecified atom stereocenters. The molecule has 1 atom stereocenters. The van der Waals surface area contributed by atoms with Crippen molar-refractivity contribution in [2.24, 2.45) is 7.05 Å². The summed E-state index contributed by atoms with van der Waals surface area (Å²) >= 11 is 1.08. The minimum absolute atomic E-state index is 0.0689. The smallest absolute Gasteiger partial charge is 0.277 e. The molecule has 2 fully saturated rings. The highest BCUT2D eigenvalue weighted by molar-refractivity contribution is 7.19. The Balaban J connectivity index is 1.40. The van der Waals surface area contributed by atoms with E-state index in [1.165, 1.54) is 6.07 Å². The van der Waals surface area contributed by atoms with Gasteiger partial charge in [0, 0.05) is 45.2 Å². The Bertz CT molecular complexity index is 1160. The molecule has 4 heterocycles. The Morgan fingerprint density at radius 3 is 2.97 bits per heavy atom. The van der Waals surface area contributed by atoms with Gasteiger partial charge in [0.1, 0.15) is 27.1 Å². The summed E-state index contributed by atoms with van der Waals surface area (Å²) in [5.41, 5.74) is 6.80. The molecule has 0 saturated carbocycles. The minimum Gasteiger partial charge on any atom is -0.389 e. The Morgan fingerprint density at radius 1 is 1.41 bits per heavy atom. The number of aromatic nitrogens is 3. The zero-order valence-corrected chi connectivity index (χ0v) is 18.4. The van der Waals surface area contributed by atoms with Crippen LogP contribution in [0.2, 0.25) is 0 Å². The van der Waals surface area contributed by atoms with Crippen molar-refractivity contribution in [1.29, 1.82) is 0 Å². The number of amides is 1. The third kappa shape index (κ3) is 3.72. The van der Waals surface area contributed by atoms with Crippen LogP contribution in [-0.4, -0.2) is 59.1 Å². The predicted octanol–water partition coefficient (Wildman–Crippen LogP) is 2.09. The lowest BCUT2D eigenvalue weighted by Crippen LogP contribution is -2.56. The molecule has 2 aliphatic rings. The molecule has 2 saturated heterocycles. The van der Waals surface area contributed by atoms with Crippen molar-refractivity contribution in [3.8, 4) is 10.6 Å². The lowest BCUT2D eigenvalue weighted by molar-refractivity contribution is -0.135. The number of hydrogen-bond acceptors (Lipinski definition) is 8. The number of anilines is 3. The summed E-state index contributed by atoms with van der Waals surface area (Å²) in [6.07, 6.45) is 2.60. The number of rotatable bonds is 4. The quantitative estimate of drug-likeness (QED) is 0.550. The first-order chi connectivity index (χ1) is 15.5. The van der Waals surface area contributed by atoms with E-state index < -0.39 is 11.7 Å². The molecular formula is C21H24FN7O2S. The van der Waals surface area contributed by atoms with Crippen molar-refractivity contribution in [3.63, 3.8) is 0 Å². The molecule has 32 heavy (non-hydrogen) atoms. The molecule has 168 valence electrons. The Hall–Kier alpha value is -3.02. The molecule has 11 heteroatoms. The SMILES string of the molecule is Cn1ncc(NC(=O)c2nc(-c3ccccc3F)sc2N)c1N1CCNC[C@@]2(CCO2)C1. The highest BCUT2D eigenvalue weighted by atomic mass is 32.1. The van der Waals surface area contributed by atoms with E-state index >= 15 is 0 Å². The maximum Gasteiger partial charge on any atom is 0.277 e. The molecule has 1 spiro atoms. The molecule has 0 radical (unpaired) electrons. The normalized spacial score (nSPS) is 20.8. The van der Waals surface area contributed by atoms with Crippen LogP contribution in [0.3, 0.4) is 0 Å². The average molecular weight is 458 g/mol. The van der Waals surface area contributed by atoms with Crippen LogP contribution in [0.4, 0.5) is 20.9 Å². The number of nitrogens with two attached hydrogens (primary N) is 1. The molecule has 0 aliphatic carbocycles. The lowest BCUT2D eigenvalue weighted by atomic mass is 9.94. The van der Waals surface area contributed by atoms with Crippen LogP contribution < -0.4 is 21.3 Å². The summed E-state index contributed by atoms with van der Waals surface area (Å²) in [4.78, 5) is 19.5. The summed E-state index contributed by atoms with van der Waals surface area (Å²) in [6, 6.07) is 6.28. The number of ether oxygens (including phenoxy) is 1. The Morgan fingerprint density at radius 2 is 2.22 bits per heavy atom. The predicted molar refractivity (Wildman–Crippen MR) is 121 cm³/mol. The Labute approximate surface area is 188 Å². The van der Waals surface area contributed by atoms with Gasteiger partial charge in [-0.15, -0.1) is 0 Å². The van der Waals surface area contributed by atoms with Gasteiger partial charge in [-0.2, -0.15) is 5.10 Å². The lowest BCUT2D eigenvalue weighted by Gasteiger charge is -2.43. The zero-order valence-electron chi connectivity index (χ0n) is 17.6. The zero-order chi connectivity index (χ0) is 22.3. The first-order valence-corrected chi connectivity index (χ1v) is 11.2. The number of benzene rings is 1. The number of thiazole rings is 1. The number of carbonyl (C=O) groups excluding carboxylic acids is 1. The van der Waals surface area contributed by atoms with Gasteiger partial charge in [-0.1, -0.05) is 23.5 Å². The summed E-state index contributed by atoms with van der Waals surface area (Å²) < 4.78 is 21.8. The van der Waals surface area contributed by atoms with Crippen molar-refractivity contribution < 1.29 is 13.9 Å². The molecule has 0 bridgehead atoms. The van der Waals surface area contributed by atoms with Crippen molar-refractivity contribution in [2.75, 3.05) is 48.7 Å². The maximum atomic E-state index is 14.1. The second-order valence-corrected chi connectivity index (χ2v) is 9.08. The number of halogens is 1. The van der Waals surface area contributed by atoms with Gasteiger partial charge in [0.2, 0.25) is 0 Å². The fourth-order valence-electron chi connectivity index (χ4n) is 4.17. The molecule has 1 aromatic carbocycles. The molecule has 2 aromatic heterocycles. The average Bonchev–Trinajstić information content (AvgIpc) is 3.21. The van der Waals surface area contributed by atoms with Crippen LogP contribution in [0.1, 0.15) is 16.9 Å². The first-order valence-electron chi connectivity index (χ1n) is 10.4. The van der Waals surface area contributed by atoms with Crippen LogP contribution in [0.15, 0.2) is 30.5 Å². The van der Waals surface area contributed by atoms with E-state index in [1.54, 1.807) is 29.1 Å². The van der Waals surface area contributed by atoms with Crippen LogP contribution in [0.5, 0.6) is 0 Å². The molecule has 2 aliphatic heterocycles. The fraction of sp³-hybridized carbons (Fsp3) is 0.381. The van der Waals surface area contributed by atoms with Crippen LogP contribution in [0, 0.1) is 5.82 Å². The second-order valence-electron chi connectivity index (χ2n) is 8.05. The third-order valence-corrected chi connectivity index (χ3v) is 6.80. The summed E-state index contributed by atoms with van der Waals surface area (Å²) in [7, 11) is 1.84. The number of nitrogen functional groups attached to an aromatic ring is 1. The standard InChI is InChI=1S/C21H24FN7O2S/c1-28-20(29-8-7-24-11-21(12-29)6-9-31-21)15(10-25-28)26-18(30)16-17(23)32-19(27-16)13-4-2-3-5-14(13)22/h2-5,10,24H,6-9,11-12,23H2,1H3,(H,26,30)/t21-/m0/s1. The van der Waals surface area contributed by atoms with E-state index in [0.717, 1.165) is 49.8 Å². The minimum atomic E-state index is -0.460. The first kappa shape index (κ1) is 20.9. The summed E-state index contributed by atoms with van der Waals surface area (Å²) in [5.74, 6) is -0.0807. The molecule has 5 rings (SSSR count). The van der Waals surface area contributed by atoms with E-state index in [4.69, 9.17) is 10.5 Å². The largest absolute Gasteiger partial charge is 0.389 e. The highest BCUT2D eigenvalue weighted by Gasteiger charge is 2.42. The molecule has 1 amide bonds. The monoisotopic (exact) mass is 457 g/mol. The van der Waals surface area contributed by atoms with E-state index in [9.17, 15) is 9.18 Å². The van der Waals surface area contributed by atoms with Gasteiger partial charge in [0.25, 0.3) is 5.91 Å². The van der Waals surface area contributed by atoms with Crippen LogP contribution in [0.25, 0.3) is 10.6 Å². The van der Waals surface area contributed by atoms with Crippen molar-refractivity contribution in [1.82, 2.24) is 20.1 Å². The Kier molecular flexibility index (Phi) is 5.31. The molecule has 9 nitrogen and oxygen atoms in total. The summed E-state index contributed by atoms with van der Waals surface area (Å²) in [6.45, 7) is 3.83. The van der Waals surface area contributed by atoms with E-state index in [0.29, 0.717) is 22.8 Å². The van der Waals surface area contributed by atoms with Crippen molar-refractivity contribution in [2.45, 2.75) is 12.0 Å². The van der Waals surface area contributed by atoms with Gasteiger partial charge in [0.15, 0.2) is 11.5 Å². The van der Waals surface area contributed by atoms with E-state index in [2.05, 4.69) is 25.6 Å². The third-order valence-electron chi connectivity index (χ3n) is 5.88. The fourth-order valence-corrected chi connectivity index (χ4v) is 5.02. The number of nitrogens with zero attached hydrogens (tertiary/aromatic N) is 4. The van der Waals surface area contributed by atoms with Gasteiger partial charge in [-0.25, -0.2) is 9.37 Å². The van der Waals surface area contributed by atoms with Crippen LogP contribution in [-0.2, 0) is 11.8 Å². The van der Waals surface area contributed by atoms with Gasteiger partial charge >= 0.3 is 0 Å². The topological polar surface area (TPSA) is 110 Å². The van der Waals surface area contributed by atoms with Crippen molar-refractivity contribution in [3.05, 3.63) is 42.0 Å². The van der Waals surface area contributed by atoms with E-state index in [-0.39, 0.29) is 16.3 Å². The van der Waals surface area contributed by atoms with Gasteiger partial charge in [-0.05, 0) is 12.1 Å². The van der Waals surface area contributed by atoms with Crippen molar-refractivity contribution >= 4 is 33.8 Å². The molecule has 4 N–H and O–H groups in total. The second kappa shape index (κ2) is 8.15. The maximum absolute atomic E-state index is 14.1. The van der Waals surface area contributed by atoms with Gasteiger partial charge in [0.05, 0.1) is 12.8 Å².